The molecule has 0 unspecified atom stereocenters. The highest BCUT2D eigenvalue weighted by Crippen LogP contribution is 2.29. The molecule has 0 aliphatic carbocycles. The molecule has 0 spiro atoms. The quantitative estimate of drug-likeness (QED) is 0.269. The molecule has 0 radical (unpaired) electrons. The van der Waals surface area contributed by atoms with Gasteiger partial charge in [-0.3, -0.25) is 4.99 Å². The largest absolute Gasteiger partial charge is 0.494 e. The summed E-state index contributed by atoms with van der Waals surface area (Å²) in [5, 5.41) is -0.00113. The molecule has 0 saturated carbocycles. The fourth-order valence-electron chi connectivity index (χ4n) is 2.58. The molecule has 30 heavy (non-hydrogen) atoms. The Hall–Kier alpha value is -3.38. The Bertz CT molecular complexity index is 1070. The molecule has 0 heterocycles. The van der Waals surface area contributed by atoms with Gasteiger partial charge in [0, 0.05) is 6.21 Å². The Balaban J connectivity index is 1.74. The second kappa shape index (κ2) is 9.89. The van der Waals surface area contributed by atoms with E-state index in [2.05, 4.69) is 4.99 Å². The lowest BCUT2D eigenvalue weighted by Gasteiger charge is -2.10. The predicted octanol–water partition coefficient (Wildman–Crippen LogP) is 5.86. The van der Waals surface area contributed by atoms with Crippen molar-refractivity contribution in [3.8, 4) is 17.2 Å². The predicted molar refractivity (Wildman–Crippen MR) is 114 cm³/mol. The van der Waals surface area contributed by atoms with Gasteiger partial charge in [-0.1, -0.05) is 11.6 Å². The van der Waals surface area contributed by atoms with Crippen molar-refractivity contribution in [3.63, 3.8) is 0 Å². The van der Waals surface area contributed by atoms with E-state index in [-0.39, 0.29) is 10.8 Å². The van der Waals surface area contributed by atoms with Gasteiger partial charge in [0.05, 0.1) is 30.0 Å². The van der Waals surface area contributed by atoms with Crippen LogP contribution in [0.25, 0.3) is 0 Å². The molecule has 0 atom stereocenters. The van der Waals surface area contributed by atoms with Gasteiger partial charge in [-0.05, 0) is 73.2 Å². The van der Waals surface area contributed by atoms with E-state index in [1.807, 2.05) is 6.92 Å². The summed E-state index contributed by atoms with van der Waals surface area (Å²) >= 11 is 5.76. The van der Waals surface area contributed by atoms with Crippen LogP contribution < -0.4 is 14.2 Å². The minimum atomic E-state index is -0.515. The number of hydrogen-bond acceptors (Lipinski definition) is 5. The summed E-state index contributed by atoms with van der Waals surface area (Å²) in [6.45, 7) is 2.43. The SMILES string of the molecule is CCOc1ccc(C(=O)Oc2ccc(C=Nc3ccc(F)c(Cl)c3)cc2OC)cc1. The second-order valence-corrected chi connectivity index (χ2v) is 6.52. The van der Waals surface area contributed by atoms with Crippen molar-refractivity contribution in [2.24, 2.45) is 4.99 Å². The first-order valence-corrected chi connectivity index (χ1v) is 9.50. The summed E-state index contributed by atoms with van der Waals surface area (Å²) in [4.78, 5) is 16.7. The lowest BCUT2D eigenvalue weighted by Crippen LogP contribution is -2.09. The van der Waals surface area contributed by atoms with Crippen molar-refractivity contribution in [3.05, 3.63) is 82.6 Å². The van der Waals surface area contributed by atoms with Crippen LogP contribution in [0.5, 0.6) is 17.2 Å². The first-order valence-electron chi connectivity index (χ1n) is 9.12. The van der Waals surface area contributed by atoms with Gasteiger partial charge < -0.3 is 14.2 Å². The summed E-state index contributed by atoms with van der Waals surface area (Å²) in [6.07, 6.45) is 1.57. The maximum absolute atomic E-state index is 13.2. The van der Waals surface area contributed by atoms with E-state index < -0.39 is 11.8 Å². The molecule has 0 aromatic heterocycles. The van der Waals surface area contributed by atoms with Crippen molar-refractivity contribution < 1.29 is 23.4 Å². The number of esters is 1. The zero-order chi connectivity index (χ0) is 21.5. The molecule has 7 heteroatoms. The fourth-order valence-corrected chi connectivity index (χ4v) is 2.75. The van der Waals surface area contributed by atoms with Gasteiger partial charge in [0.1, 0.15) is 11.6 Å². The third kappa shape index (κ3) is 5.36. The first kappa shape index (κ1) is 21.3. The van der Waals surface area contributed by atoms with Crippen LogP contribution in [0.2, 0.25) is 5.02 Å². The normalized spacial score (nSPS) is 10.8. The van der Waals surface area contributed by atoms with E-state index in [1.165, 1.54) is 25.3 Å². The van der Waals surface area contributed by atoms with E-state index in [1.54, 1.807) is 48.7 Å². The number of methoxy groups -OCH3 is 1. The Morgan fingerprint density at radius 1 is 1.07 bits per heavy atom. The second-order valence-electron chi connectivity index (χ2n) is 6.11. The van der Waals surface area contributed by atoms with Crippen LogP contribution in [0.3, 0.4) is 0 Å². The zero-order valence-electron chi connectivity index (χ0n) is 16.4. The minimum absolute atomic E-state index is 0.00113. The average Bonchev–Trinajstić information content (AvgIpc) is 2.76. The number of benzene rings is 3. The van der Waals surface area contributed by atoms with Gasteiger partial charge in [-0.2, -0.15) is 0 Å². The third-order valence-corrected chi connectivity index (χ3v) is 4.35. The zero-order valence-corrected chi connectivity index (χ0v) is 17.2. The number of halogens is 2. The lowest BCUT2D eigenvalue weighted by atomic mass is 10.2. The monoisotopic (exact) mass is 427 g/mol. The molecule has 0 amide bonds. The highest BCUT2D eigenvalue weighted by atomic mass is 35.5. The summed E-state index contributed by atoms with van der Waals surface area (Å²) < 4.78 is 29.4. The Morgan fingerprint density at radius 2 is 1.83 bits per heavy atom. The van der Waals surface area contributed by atoms with E-state index >= 15 is 0 Å². The molecule has 3 aromatic rings. The van der Waals surface area contributed by atoms with Crippen LogP contribution in [-0.4, -0.2) is 25.9 Å². The van der Waals surface area contributed by atoms with Crippen LogP contribution in [0.4, 0.5) is 10.1 Å². The standard InChI is InChI=1S/C23H19ClFNO4/c1-3-29-18-8-5-16(6-9-18)23(27)30-21-11-4-15(12-22(21)28-2)14-26-17-7-10-20(25)19(24)13-17/h4-14H,3H2,1-2H3. The molecule has 0 aliphatic rings. The number of rotatable bonds is 7. The maximum Gasteiger partial charge on any atom is 0.343 e. The van der Waals surface area contributed by atoms with E-state index in [0.29, 0.717) is 34.9 Å². The Kier molecular flexibility index (Phi) is 7.03. The number of carbonyl (C=O) groups excluding carboxylic acids is 1. The van der Waals surface area contributed by atoms with Gasteiger partial charge in [0.2, 0.25) is 0 Å². The topological polar surface area (TPSA) is 57.1 Å². The Labute approximate surface area is 178 Å². The summed E-state index contributed by atoms with van der Waals surface area (Å²) in [5.74, 6) is 0.307. The van der Waals surface area contributed by atoms with Crippen LogP contribution >= 0.6 is 11.6 Å². The highest BCUT2D eigenvalue weighted by molar-refractivity contribution is 6.31. The molecule has 154 valence electrons. The molecule has 0 aliphatic heterocycles. The van der Waals surface area contributed by atoms with E-state index in [9.17, 15) is 9.18 Å². The van der Waals surface area contributed by atoms with Crippen molar-refractivity contribution >= 4 is 29.5 Å². The maximum atomic E-state index is 13.2. The van der Waals surface area contributed by atoms with Gasteiger partial charge in [-0.15, -0.1) is 0 Å². The molecular weight excluding hydrogens is 409 g/mol. The van der Waals surface area contributed by atoms with Crippen molar-refractivity contribution in [2.75, 3.05) is 13.7 Å². The van der Waals surface area contributed by atoms with Gasteiger partial charge in [0.25, 0.3) is 0 Å². The number of ether oxygens (including phenoxy) is 3. The molecule has 3 rings (SSSR count). The summed E-state index contributed by atoms with van der Waals surface area (Å²) in [5.41, 5.74) is 1.60. The smallest absolute Gasteiger partial charge is 0.343 e. The first-order chi connectivity index (χ1) is 14.5. The van der Waals surface area contributed by atoms with Crippen LogP contribution in [0.1, 0.15) is 22.8 Å². The van der Waals surface area contributed by atoms with Gasteiger partial charge in [-0.25, -0.2) is 9.18 Å². The molecule has 5 nitrogen and oxygen atoms in total. The average molecular weight is 428 g/mol. The van der Waals surface area contributed by atoms with Crippen LogP contribution in [0, 0.1) is 5.82 Å². The lowest BCUT2D eigenvalue weighted by molar-refractivity contribution is 0.0729. The fraction of sp³-hybridized carbons (Fsp3) is 0.130. The van der Waals surface area contributed by atoms with Crippen LogP contribution in [0.15, 0.2) is 65.7 Å². The molecule has 0 bridgehead atoms. The highest BCUT2D eigenvalue weighted by Gasteiger charge is 2.13. The molecule has 0 fully saturated rings. The summed E-state index contributed by atoms with van der Waals surface area (Å²) in [6, 6.07) is 15.9. The van der Waals surface area contributed by atoms with Gasteiger partial charge in [0.15, 0.2) is 11.5 Å². The Morgan fingerprint density at radius 3 is 2.50 bits per heavy atom. The van der Waals surface area contributed by atoms with Crippen molar-refractivity contribution in [1.29, 1.82) is 0 Å². The third-order valence-electron chi connectivity index (χ3n) is 4.06. The molecular formula is C23H19ClFNO4. The van der Waals surface area contributed by atoms with Crippen molar-refractivity contribution in [1.82, 2.24) is 0 Å². The number of aliphatic imine (C=N–C) groups is 1. The number of carbonyl (C=O) groups is 1. The van der Waals surface area contributed by atoms with E-state index in [4.69, 9.17) is 25.8 Å². The van der Waals surface area contributed by atoms with Crippen molar-refractivity contribution in [2.45, 2.75) is 6.92 Å². The number of hydrogen-bond donors (Lipinski definition) is 0. The molecule has 0 N–H and O–H groups in total. The minimum Gasteiger partial charge on any atom is -0.494 e. The number of nitrogens with zero attached hydrogens (tertiary/aromatic N) is 1. The van der Waals surface area contributed by atoms with E-state index in [0.717, 1.165) is 0 Å². The molecule has 3 aromatic carbocycles. The van der Waals surface area contributed by atoms with Crippen LogP contribution in [-0.2, 0) is 0 Å². The molecule has 0 saturated heterocycles. The van der Waals surface area contributed by atoms with Gasteiger partial charge >= 0.3 is 5.97 Å². The summed E-state index contributed by atoms with van der Waals surface area (Å²) in [7, 11) is 1.48.